The van der Waals surface area contributed by atoms with Crippen molar-refractivity contribution in [1.82, 2.24) is 5.32 Å². The maximum Gasteiger partial charge on any atom is 0.150 e. The first kappa shape index (κ1) is 17.1. The molecule has 1 aliphatic heterocycles. The van der Waals surface area contributed by atoms with E-state index in [1.165, 1.54) is 24.3 Å². The second kappa shape index (κ2) is 6.76. The summed E-state index contributed by atoms with van der Waals surface area (Å²) in [6, 6.07) is 19.4. The van der Waals surface area contributed by atoms with E-state index < -0.39 is 5.54 Å². The lowest BCUT2D eigenvalue weighted by atomic mass is 9.84. The van der Waals surface area contributed by atoms with Gasteiger partial charge in [-0.15, -0.1) is 0 Å². The van der Waals surface area contributed by atoms with Crippen molar-refractivity contribution in [3.63, 3.8) is 0 Å². The van der Waals surface area contributed by atoms with E-state index in [-0.39, 0.29) is 11.6 Å². The van der Waals surface area contributed by atoms with E-state index >= 15 is 0 Å². The van der Waals surface area contributed by atoms with E-state index in [0.717, 1.165) is 23.0 Å². The standard InChI is InChI=1S/C22H16F2N2O/c23-19-8-4-17(5-9-19)22(18-6-10-20(24)11-7-18)14-25-21(26-22)16-3-1-2-15(12-16)13-27/h1-13H,14H2,(H,25,26). The van der Waals surface area contributed by atoms with Crippen LogP contribution < -0.4 is 5.32 Å². The maximum absolute atomic E-state index is 13.4. The van der Waals surface area contributed by atoms with Gasteiger partial charge in [0.25, 0.3) is 0 Å². The Morgan fingerprint density at radius 1 is 0.889 bits per heavy atom. The van der Waals surface area contributed by atoms with Crippen molar-refractivity contribution in [2.24, 2.45) is 4.99 Å². The van der Waals surface area contributed by atoms with Crippen LogP contribution in [0.3, 0.4) is 0 Å². The van der Waals surface area contributed by atoms with Crippen LogP contribution in [0.15, 0.2) is 77.8 Å². The van der Waals surface area contributed by atoms with Crippen molar-refractivity contribution < 1.29 is 13.6 Å². The molecule has 134 valence electrons. The van der Waals surface area contributed by atoms with Crippen molar-refractivity contribution in [3.8, 4) is 0 Å². The molecule has 0 aromatic heterocycles. The van der Waals surface area contributed by atoms with E-state index in [9.17, 15) is 13.6 Å². The van der Waals surface area contributed by atoms with Gasteiger partial charge in [-0.3, -0.25) is 4.79 Å². The molecule has 4 rings (SSSR count). The summed E-state index contributed by atoms with van der Waals surface area (Å²) < 4.78 is 26.9. The Morgan fingerprint density at radius 3 is 2.04 bits per heavy atom. The summed E-state index contributed by atoms with van der Waals surface area (Å²) in [5, 5.41) is 3.29. The first-order valence-corrected chi connectivity index (χ1v) is 8.52. The Hall–Kier alpha value is -3.34. The molecule has 3 nitrogen and oxygen atoms in total. The zero-order valence-electron chi connectivity index (χ0n) is 14.3. The molecule has 0 saturated heterocycles. The Bertz CT molecular complexity index is 966. The number of aldehydes is 1. The molecule has 3 aromatic carbocycles. The molecule has 1 heterocycles. The first-order chi connectivity index (χ1) is 13.1. The summed E-state index contributed by atoms with van der Waals surface area (Å²) in [6.07, 6.45) is 0.784. The molecule has 0 bridgehead atoms. The van der Waals surface area contributed by atoms with Gasteiger partial charge in [0, 0.05) is 17.7 Å². The van der Waals surface area contributed by atoms with Gasteiger partial charge in [-0.1, -0.05) is 42.5 Å². The SMILES string of the molecule is O=Cc1cccc(C2=NC(c3ccc(F)cc3)(c3ccc(F)cc3)CN2)c1. The highest BCUT2D eigenvalue weighted by Gasteiger charge is 2.39. The number of hydrogen-bond acceptors (Lipinski definition) is 3. The smallest absolute Gasteiger partial charge is 0.150 e. The van der Waals surface area contributed by atoms with Gasteiger partial charge in [-0.2, -0.15) is 0 Å². The lowest BCUT2D eigenvalue weighted by Crippen LogP contribution is -2.31. The van der Waals surface area contributed by atoms with Crippen LogP contribution in [0.1, 0.15) is 27.0 Å². The van der Waals surface area contributed by atoms with Gasteiger partial charge in [0.05, 0.1) is 0 Å². The lowest BCUT2D eigenvalue weighted by Gasteiger charge is -2.26. The van der Waals surface area contributed by atoms with E-state index in [0.29, 0.717) is 17.9 Å². The van der Waals surface area contributed by atoms with Gasteiger partial charge in [0.2, 0.25) is 0 Å². The van der Waals surface area contributed by atoms with Crippen LogP contribution in [0.2, 0.25) is 0 Å². The van der Waals surface area contributed by atoms with Gasteiger partial charge in [0.1, 0.15) is 29.3 Å². The van der Waals surface area contributed by atoms with Gasteiger partial charge in [0.15, 0.2) is 0 Å². The van der Waals surface area contributed by atoms with Crippen LogP contribution in [-0.4, -0.2) is 18.7 Å². The summed E-state index contributed by atoms with van der Waals surface area (Å²) in [4.78, 5) is 16.0. The average Bonchev–Trinajstić information content (AvgIpc) is 3.16. The van der Waals surface area contributed by atoms with Crippen LogP contribution in [0.25, 0.3) is 0 Å². The highest BCUT2D eigenvalue weighted by Crippen LogP contribution is 2.37. The Balaban J connectivity index is 1.86. The molecular weight excluding hydrogens is 346 g/mol. The van der Waals surface area contributed by atoms with Crippen LogP contribution >= 0.6 is 0 Å². The van der Waals surface area contributed by atoms with Crippen LogP contribution in [0.5, 0.6) is 0 Å². The molecule has 0 saturated carbocycles. The first-order valence-electron chi connectivity index (χ1n) is 8.52. The van der Waals surface area contributed by atoms with Crippen molar-refractivity contribution in [3.05, 3.63) is 107 Å². The summed E-state index contributed by atoms with van der Waals surface area (Å²) in [6.45, 7) is 0.435. The second-order valence-electron chi connectivity index (χ2n) is 6.43. The van der Waals surface area contributed by atoms with E-state index in [2.05, 4.69) is 5.32 Å². The van der Waals surface area contributed by atoms with Crippen molar-refractivity contribution in [2.45, 2.75) is 5.54 Å². The van der Waals surface area contributed by atoms with Crippen LogP contribution in [0.4, 0.5) is 8.78 Å². The van der Waals surface area contributed by atoms with Gasteiger partial charge in [-0.25, -0.2) is 13.8 Å². The number of hydrogen-bond donors (Lipinski definition) is 1. The fourth-order valence-corrected chi connectivity index (χ4v) is 3.36. The zero-order valence-corrected chi connectivity index (χ0v) is 14.3. The third-order valence-corrected chi connectivity index (χ3v) is 4.75. The van der Waals surface area contributed by atoms with Crippen molar-refractivity contribution >= 4 is 12.1 Å². The molecule has 5 heteroatoms. The molecule has 0 radical (unpaired) electrons. The molecule has 0 fully saturated rings. The number of carbonyl (C=O) groups is 1. The number of nitrogens with one attached hydrogen (secondary N) is 1. The second-order valence-corrected chi connectivity index (χ2v) is 6.43. The number of amidine groups is 1. The third kappa shape index (κ3) is 3.12. The topological polar surface area (TPSA) is 41.5 Å². The van der Waals surface area contributed by atoms with Crippen LogP contribution in [-0.2, 0) is 5.54 Å². The van der Waals surface area contributed by atoms with Gasteiger partial charge in [-0.05, 0) is 41.5 Å². The molecule has 3 aromatic rings. The summed E-state index contributed by atoms with van der Waals surface area (Å²) in [7, 11) is 0. The fourth-order valence-electron chi connectivity index (χ4n) is 3.36. The van der Waals surface area contributed by atoms with Crippen LogP contribution in [0, 0.1) is 11.6 Å². The molecule has 0 spiro atoms. The molecule has 0 unspecified atom stereocenters. The number of aliphatic imine (C=N–C) groups is 1. The monoisotopic (exact) mass is 362 g/mol. The summed E-state index contributed by atoms with van der Waals surface area (Å²) in [5.41, 5.74) is 2.12. The zero-order chi connectivity index (χ0) is 18.9. The Morgan fingerprint density at radius 2 is 1.48 bits per heavy atom. The number of benzene rings is 3. The molecule has 1 N–H and O–H groups in total. The predicted octanol–water partition coefficient (Wildman–Crippen LogP) is 4.07. The fraction of sp³-hybridized carbons (Fsp3) is 0.0909. The average molecular weight is 362 g/mol. The maximum atomic E-state index is 13.4. The molecule has 27 heavy (non-hydrogen) atoms. The van der Waals surface area contributed by atoms with E-state index in [4.69, 9.17) is 4.99 Å². The molecule has 1 aliphatic rings. The third-order valence-electron chi connectivity index (χ3n) is 4.75. The van der Waals surface area contributed by atoms with E-state index in [1.54, 1.807) is 42.5 Å². The lowest BCUT2D eigenvalue weighted by molar-refractivity contribution is 0.112. The minimum Gasteiger partial charge on any atom is -0.367 e. The van der Waals surface area contributed by atoms with Crippen molar-refractivity contribution in [1.29, 1.82) is 0 Å². The summed E-state index contributed by atoms with van der Waals surface area (Å²) >= 11 is 0. The Labute approximate surface area is 155 Å². The molecule has 0 aliphatic carbocycles. The highest BCUT2D eigenvalue weighted by atomic mass is 19.1. The minimum absolute atomic E-state index is 0.332. The number of halogens is 2. The van der Waals surface area contributed by atoms with Gasteiger partial charge >= 0.3 is 0 Å². The quantitative estimate of drug-likeness (QED) is 0.711. The predicted molar refractivity (Wildman–Crippen MR) is 99.9 cm³/mol. The molecule has 0 amide bonds. The van der Waals surface area contributed by atoms with E-state index in [1.807, 2.05) is 6.07 Å². The summed E-state index contributed by atoms with van der Waals surface area (Å²) in [5.74, 6) is -0.0314. The number of nitrogens with zero attached hydrogens (tertiary/aromatic N) is 1. The largest absolute Gasteiger partial charge is 0.367 e. The molecular formula is C22H16F2N2O. The van der Waals surface area contributed by atoms with Gasteiger partial charge < -0.3 is 5.32 Å². The normalized spacial score (nSPS) is 15.1. The minimum atomic E-state index is -0.812. The Kier molecular flexibility index (Phi) is 4.28. The highest BCUT2D eigenvalue weighted by molar-refractivity contribution is 6.01. The molecule has 0 atom stereocenters. The number of carbonyl (C=O) groups excluding carboxylic acids is 1. The number of rotatable bonds is 4. The van der Waals surface area contributed by atoms with Crippen molar-refractivity contribution in [2.75, 3.05) is 6.54 Å².